The average molecular weight is 272 g/mol. The van der Waals surface area contributed by atoms with Gasteiger partial charge in [-0.05, 0) is 43.4 Å². The molecular formula is C16H24N4. The molecule has 1 atom stereocenters. The van der Waals surface area contributed by atoms with Crippen molar-refractivity contribution >= 4 is 0 Å². The van der Waals surface area contributed by atoms with Crippen LogP contribution in [0.25, 0.3) is 0 Å². The second-order valence-electron chi connectivity index (χ2n) is 5.48. The molecular weight excluding hydrogens is 248 g/mol. The number of nitrogens with two attached hydrogens (primary N) is 1. The zero-order valence-corrected chi connectivity index (χ0v) is 12.6. The van der Waals surface area contributed by atoms with E-state index in [9.17, 15) is 0 Å². The predicted octanol–water partition coefficient (Wildman–Crippen LogP) is 2.04. The smallest absolute Gasteiger partial charge is 0.108 e. The van der Waals surface area contributed by atoms with Crippen LogP contribution in [0.5, 0.6) is 0 Å². The van der Waals surface area contributed by atoms with Gasteiger partial charge in [0.2, 0.25) is 0 Å². The Hall–Kier alpha value is -1.65. The van der Waals surface area contributed by atoms with Crippen LogP contribution in [-0.4, -0.2) is 15.6 Å². The summed E-state index contributed by atoms with van der Waals surface area (Å²) < 4.78 is 2.06. The number of hydrogen-bond acceptors (Lipinski definition) is 3. The van der Waals surface area contributed by atoms with E-state index in [0.717, 1.165) is 25.1 Å². The molecule has 0 radical (unpaired) electrons. The maximum Gasteiger partial charge on any atom is 0.108 e. The molecule has 0 bridgehead atoms. The maximum absolute atomic E-state index is 5.69. The fourth-order valence-corrected chi connectivity index (χ4v) is 2.40. The highest BCUT2D eigenvalue weighted by Gasteiger charge is 2.10. The van der Waals surface area contributed by atoms with Crippen LogP contribution in [0.3, 0.4) is 0 Å². The van der Waals surface area contributed by atoms with Crippen LogP contribution in [0.4, 0.5) is 0 Å². The number of aryl methyl sites for hydroxylation is 4. The number of hydrogen-bond donors (Lipinski definition) is 2. The third-order valence-corrected chi connectivity index (χ3v) is 3.93. The molecule has 1 unspecified atom stereocenters. The normalized spacial score (nSPS) is 12.6. The number of imidazole rings is 1. The molecule has 3 N–H and O–H groups in total. The zero-order valence-electron chi connectivity index (χ0n) is 12.6. The fraction of sp³-hybridized carbons (Fsp3) is 0.438. The van der Waals surface area contributed by atoms with E-state index in [1.807, 2.05) is 19.4 Å². The molecule has 0 saturated heterocycles. The van der Waals surface area contributed by atoms with Gasteiger partial charge in [0.1, 0.15) is 5.82 Å². The molecule has 0 aliphatic carbocycles. The summed E-state index contributed by atoms with van der Waals surface area (Å²) >= 11 is 0. The van der Waals surface area contributed by atoms with E-state index < -0.39 is 0 Å². The Labute approximate surface area is 121 Å². The summed E-state index contributed by atoms with van der Waals surface area (Å²) in [7, 11) is 2.02. The fourth-order valence-electron chi connectivity index (χ4n) is 2.40. The Morgan fingerprint density at radius 1 is 1.30 bits per heavy atom. The third-order valence-electron chi connectivity index (χ3n) is 3.93. The molecule has 20 heavy (non-hydrogen) atoms. The van der Waals surface area contributed by atoms with Crippen molar-refractivity contribution in [1.82, 2.24) is 15.0 Å². The van der Waals surface area contributed by atoms with Crippen LogP contribution in [0.15, 0.2) is 30.6 Å². The molecule has 0 fully saturated rings. The van der Waals surface area contributed by atoms with E-state index in [0.29, 0.717) is 0 Å². The minimum Gasteiger partial charge on any atom is -0.338 e. The van der Waals surface area contributed by atoms with Gasteiger partial charge in [0, 0.05) is 31.9 Å². The van der Waals surface area contributed by atoms with E-state index in [1.165, 1.54) is 16.7 Å². The van der Waals surface area contributed by atoms with E-state index >= 15 is 0 Å². The lowest BCUT2D eigenvalue weighted by Gasteiger charge is -2.16. The van der Waals surface area contributed by atoms with Crippen molar-refractivity contribution in [1.29, 1.82) is 0 Å². The van der Waals surface area contributed by atoms with Gasteiger partial charge in [-0.3, -0.25) is 11.3 Å². The van der Waals surface area contributed by atoms with Gasteiger partial charge in [0.15, 0.2) is 0 Å². The lowest BCUT2D eigenvalue weighted by molar-refractivity contribution is 0.483. The van der Waals surface area contributed by atoms with E-state index in [4.69, 9.17) is 5.84 Å². The topological polar surface area (TPSA) is 55.9 Å². The van der Waals surface area contributed by atoms with Gasteiger partial charge < -0.3 is 4.57 Å². The Balaban J connectivity index is 1.95. The third kappa shape index (κ3) is 3.68. The Bertz CT molecular complexity index is 559. The molecule has 0 amide bonds. The van der Waals surface area contributed by atoms with Crippen molar-refractivity contribution in [2.45, 2.75) is 39.2 Å². The average Bonchev–Trinajstić information content (AvgIpc) is 2.84. The number of rotatable bonds is 6. The number of hydrazine groups is 1. The van der Waals surface area contributed by atoms with E-state index in [1.54, 1.807) is 0 Å². The van der Waals surface area contributed by atoms with Crippen LogP contribution in [0.2, 0.25) is 0 Å². The first-order valence-electron chi connectivity index (χ1n) is 7.08. The van der Waals surface area contributed by atoms with Crippen molar-refractivity contribution in [3.05, 3.63) is 53.1 Å². The first-order chi connectivity index (χ1) is 9.60. The standard InChI is InChI=1S/C16H24N4/c1-12-4-5-14(10-13(12)2)11-15(19-17)6-7-16-18-8-9-20(16)3/h4-5,8-10,15,19H,6-7,11,17H2,1-3H3. The minimum absolute atomic E-state index is 0.272. The van der Waals surface area contributed by atoms with Crippen molar-refractivity contribution in [2.24, 2.45) is 12.9 Å². The van der Waals surface area contributed by atoms with Gasteiger partial charge in [-0.2, -0.15) is 0 Å². The molecule has 2 rings (SSSR count). The van der Waals surface area contributed by atoms with E-state index in [2.05, 4.69) is 47.0 Å². The molecule has 0 saturated carbocycles. The Kier molecular flexibility index (Phi) is 4.93. The van der Waals surface area contributed by atoms with Gasteiger partial charge in [-0.25, -0.2) is 4.98 Å². The summed E-state index contributed by atoms with van der Waals surface area (Å²) in [6.07, 6.45) is 6.67. The summed E-state index contributed by atoms with van der Waals surface area (Å²) in [5.74, 6) is 6.79. The minimum atomic E-state index is 0.272. The maximum atomic E-state index is 5.69. The van der Waals surface area contributed by atoms with Crippen LogP contribution >= 0.6 is 0 Å². The van der Waals surface area contributed by atoms with Crippen LogP contribution in [-0.2, 0) is 19.9 Å². The van der Waals surface area contributed by atoms with Crippen LogP contribution in [0.1, 0.15) is 28.9 Å². The number of benzene rings is 1. The monoisotopic (exact) mass is 272 g/mol. The second kappa shape index (κ2) is 6.68. The molecule has 2 aromatic rings. The second-order valence-corrected chi connectivity index (χ2v) is 5.48. The molecule has 4 heteroatoms. The molecule has 4 nitrogen and oxygen atoms in total. The van der Waals surface area contributed by atoms with E-state index in [-0.39, 0.29) is 6.04 Å². The summed E-state index contributed by atoms with van der Waals surface area (Å²) in [6.45, 7) is 4.29. The molecule has 1 aromatic carbocycles. The molecule has 0 aliphatic rings. The lowest BCUT2D eigenvalue weighted by Crippen LogP contribution is -2.37. The molecule has 0 aliphatic heterocycles. The van der Waals surface area contributed by atoms with Crippen molar-refractivity contribution in [2.75, 3.05) is 0 Å². The highest BCUT2D eigenvalue weighted by Crippen LogP contribution is 2.13. The quantitative estimate of drug-likeness (QED) is 0.625. The summed E-state index contributed by atoms with van der Waals surface area (Å²) in [4.78, 5) is 4.35. The summed E-state index contributed by atoms with van der Waals surface area (Å²) in [5.41, 5.74) is 6.93. The van der Waals surface area contributed by atoms with Crippen LogP contribution < -0.4 is 11.3 Å². The highest BCUT2D eigenvalue weighted by atomic mass is 15.2. The van der Waals surface area contributed by atoms with Gasteiger partial charge in [-0.1, -0.05) is 18.2 Å². The SMILES string of the molecule is Cc1ccc(CC(CCc2nccn2C)NN)cc1C. The zero-order chi connectivity index (χ0) is 14.5. The van der Waals surface area contributed by atoms with Gasteiger partial charge in [0.05, 0.1) is 0 Å². The molecule has 1 aromatic heterocycles. The van der Waals surface area contributed by atoms with Gasteiger partial charge in [-0.15, -0.1) is 0 Å². The number of aromatic nitrogens is 2. The molecule has 1 heterocycles. The Morgan fingerprint density at radius 2 is 2.10 bits per heavy atom. The molecule has 0 spiro atoms. The van der Waals surface area contributed by atoms with Gasteiger partial charge in [0.25, 0.3) is 0 Å². The van der Waals surface area contributed by atoms with Crippen molar-refractivity contribution < 1.29 is 0 Å². The first-order valence-corrected chi connectivity index (χ1v) is 7.08. The number of nitrogens with zero attached hydrogens (tertiary/aromatic N) is 2. The highest BCUT2D eigenvalue weighted by molar-refractivity contribution is 5.30. The molecule has 108 valence electrons. The van der Waals surface area contributed by atoms with Crippen molar-refractivity contribution in [3.8, 4) is 0 Å². The predicted molar refractivity (Wildman–Crippen MR) is 82.3 cm³/mol. The summed E-state index contributed by atoms with van der Waals surface area (Å²) in [6, 6.07) is 6.89. The first kappa shape index (κ1) is 14.8. The number of nitrogens with one attached hydrogen (secondary N) is 1. The summed E-state index contributed by atoms with van der Waals surface area (Å²) in [5, 5.41) is 0. The Morgan fingerprint density at radius 3 is 2.70 bits per heavy atom. The largest absolute Gasteiger partial charge is 0.338 e. The van der Waals surface area contributed by atoms with Crippen molar-refractivity contribution in [3.63, 3.8) is 0 Å². The van der Waals surface area contributed by atoms with Gasteiger partial charge >= 0.3 is 0 Å². The van der Waals surface area contributed by atoms with Crippen LogP contribution in [0, 0.1) is 13.8 Å². The lowest BCUT2D eigenvalue weighted by atomic mass is 9.99.